The fraction of sp³-hybridized carbons (Fsp3) is 0.417. The first-order valence-electron chi connectivity index (χ1n) is 5.39. The average molecular weight is 222 g/mol. The minimum atomic E-state index is -0.581. The van der Waals surface area contributed by atoms with Crippen molar-refractivity contribution in [3.8, 4) is 0 Å². The highest BCUT2D eigenvalue weighted by Gasteiger charge is 2.28. The van der Waals surface area contributed by atoms with Crippen molar-refractivity contribution in [1.29, 1.82) is 0 Å². The Kier molecular flexibility index (Phi) is 2.92. The number of carbonyl (C=O) groups is 1. The zero-order chi connectivity index (χ0) is 11.7. The van der Waals surface area contributed by atoms with E-state index in [9.17, 15) is 9.18 Å². The quantitative estimate of drug-likeness (QED) is 0.809. The van der Waals surface area contributed by atoms with Crippen molar-refractivity contribution in [1.82, 2.24) is 5.32 Å². The van der Waals surface area contributed by atoms with E-state index >= 15 is 0 Å². The first-order valence-corrected chi connectivity index (χ1v) is 5.39. The van der Waals surface area contributed by atoms with Crippen LogP contribution in [-0.2, 0) is 4.79 Å². The number of aryl methyl sites for hydroxylation is 1. The van der Waals surface area contributed by atoms with Gasteiger partial charge in [-0.3, -0.25) is 10.1 Å². The summed E-state index contributed by atoms with van der Waals surface area (Å²) in [6, 6.07) is 4.54. The van der Waals surface area contributed by atoms with Gasteiger partial charge in [0.1, 0.15) is 11.9 Å². The standard InChI is InChI=1S/C12H15FN2O/c1-7-2-3-8(6-10(7)13)11(12(14)16)15-9-4-5-9/h2-3,6,9,11,15H,4-5H2,1H3,(H2,14,16). The molecule has 16 heavy (non-hydrogen) atoms. The van der Waals surface area contributed by atoms with E-state index in [1.165, 1.54) is 6.07 Å². The maximum Gasteiger partial charge on any atom is 0.239 e. The highest BCUT2D eigenvalue weighted by molar-refractivity contribution is 5.81. The number of amides is 1. The molecule has 0 spiro atoms. The summed E-state index contributed by atoms with van der Waals surface area (Å²) in [4.78, 5) is 11.3. The lowest BCUT2D eigenvalue weighted by Gasteiger charge is -2.15. The molecule has 1 saturated carbocycles. The Morgan fingerprint density at radius 1 is 1.56 bits per heavy atom. The zero-order valence-corrected chi connectivity index (χ0v) is 9.16. The third-order valence-electron chi connectivity index (χ3n) is 2.79. The van der Waals surface area contributed by atoms with Crippen LogP contribution in [0.25, 0.3) is 0 Å². The molecule has 0 aliphatic heterocycles. The summed E-state index contributed by atoms with van der Waals surface area (Å²) in [7, 11) is 0. The molecule has 1 unspecified atom stereocenters. The number of benzene rings is 1. The van der Waals surface area contributed by atoms with Gasteiger partial charge in [-0.15, -0.1) is 0 Å². The molecular weight excluding hydrogens is 207 g/mol. The number of halogens is 1. The molecule has 0 radical (unpaired) electrons. The highest BCUT2D eigenvalue weighted by Crippen LogP contribution is 2.24. The molecule has 1 amide bonds. The number of carbonyl (C=O) groups excluding carboxylic acids is 1. The minimum absolute atomic E-state index is 0.304. The lowest BCUT2D eigenvalue weighted by molar-refractivity contribution is -0.120. The van der Waals surface area contributed by atoms with Crippen molar-refractivity contribution in [3.63, 3.8) is 0 Å². The van der Waals surface area contributed by atoms with Gasteiger partial charge in [-0.05, 0) is 37.0 Å². The van der Waals surface area contributed by atoms with Gasteiger partial charge < -0.3 is 5.73 Å². The van der Waals surface area contributed by atoms with Gasteiger partial charge in [0.15, 0.2) is 0 Å². The molecule has 86 valence electrons. The number of hydrogen-bond donors (Lipinski definition) is 2. The normalized spacial score (nSPS) is 17.1. The smallest absolute Gasteiger partial charge is 0.239 e. The SMILES string of the molecule is Cc1ccc(C(NC2CC2)C(N)=O)cc1F. The molecular formula is C12H15FN2O. The van der Waals surface area contributed by atoms with Crippen LogP contribution in [0.4, 0.5) is 4.39 Å². The Labute approximate surface area is 93.8 Å². The van der Waals surface area contributed by atoms with E-state index in [-0.39, 0.29) is 5.82 Å². The van der Waals surface area contributed by atoms with Crippen molar-refractivity contribution in [2.24, 2.45) is 5.73 Å². The Bertz CT molecular complexity index is 415. The van der Waals surface area contributed by atoms with E-state index in [1.54, 1.807) is 19.1 Å². The van der Waals surface area contributed by atoms with E-state index in [0.29, 0.717) is 17.2 Å². The van der Waals surface area contributed by atoms with Crippen LogP contribution < -0.4 is 11.1 Å². The van der Waals surface area contributed by atoms with Crippen LogP contribution in [0.3, 0.4) is 0 Å². The van der Waals surface area contributed by atoms with E-state index in [1.807, 2.05) is 0 Å². The summed E-state index contributed by atoms with van der Waals surface area (Å²) in [5.74, 6) is -0.767. The fourth-order valence-corrected chi connectivity index (χ4v) is 1.62. The van der Waals surface area contributed by atoms with Gasteiger partial charge >= 0.3 is 0 Å². The third kappa shape index (κ3) is 2.39. The van der Waals surface area contributed by atoms with Gasteiger partial charge in [-0.1, -0.05) is 12.1 Å². The Hall–Kier alpha value is -1.42. The van der Waals surface area contributed by atoms with Crippen molar-refractivity contribution in [2.75, 3.05) is 0 Å². The van der Waals surface area contributed by atoms with E-state index < -0.39 is 11.9 Å². The number of nitrogens with one attached hydrogen (secondary N) is 1. The summed E-state index contributed by atoms with van der Waals surface area (Å²) in [5, 5.41) is 3.11. The molecule has 1 aliphatic rings. The van der Waals surface area contributed by atoms with Gasteiger partial charge in [0, 0.05) is 6.04 Å². The largest absolute Gasteiger partial charge is 0.368 e. The molecule has 1 aromatic rings. The maximum atomic E-state index is 13.4. The van der Waals surface area contributed by atoms with Crippen molar-refractivity contribution >= 4 is 5.91 Å². The Morgan fingerprint density at radius 3 is 2.75 bits per heavy atom. The van der Waals surface area contributed by atoms with Crippen LogP contribution in [0.1, 0.15) is 30.0 Å². The Balaban J connectivity index is 2.22. The van der Waals surface area contributed by atoms with Crippen LogP contribution in [0.15, 0.2) is 18.2 Å². The van der Waals surface area contributed by atoms with Gasteiger partial charge in [0.25, 0.3) is 0 Å². The summed E-state index contributed by atoms with van der Waals surface area (Å²) < 4.78 is 13.4. The minimum Gasteiger partial charge on any atom is -0.368 e. The zero-order valence-electron chi connectivity index (χ0n) is 9.16. The fourth-order valence-electron chi connectivity index (χ4n) is 1.62. The molecule has 1 aliphatic carbocycles. The molecule has 0 aromatic heterocycles. The predicted molar refractivity (Wildman–Crippen MR) is 59.2 cm³/mol. The van der Waals surface area contributed by atoms with Crippen LogP contribution in [0.5, 0.6) is 0 Å². The lowest BCUT2D eigenvalue weighted by Crippen LogP contribution is -2.34. The molecule has 2 rings (SSSR count). The summed E-state index contributed by atoms with van der Waals surface area (Å²) >= 11 is 0. The second-order valence-electron chi connectivity index (χ2n) is 4.28. The maximum absolute atomic E-state index is 13.4. The highest BCUT2D eigenvalue weighted by atomic mass is 19.1. The van der Waals surface area contributed by atoms with E-state index in [4.69, 9.17) is 5.73 Å². The second kappa shape index (κ2) is 4.22. The van der Waals surface area contributed by atoms with Crippen molar-refractivity contribution in [3.05, 3.63) is 35.1 Å². The molecule has 0 saturated heterocycles. The number of rotatable bonds is 4. The molecule has 1 aromatic carbocycles. The van der Waals surface area contributed by atoms with E-state index in [0.717, 1.165) is 12.8 Å². The molecule has 0 heterocycles. The molecule has 4 heteroatoms. The summed E-state index contributed by atoms with van der Waals surface area (Å²) in [6.07, 6.45) is 2.11. The Morgan fingerprint density at radius 2 is 2.25 bits per heavy atom. The molecule has 1 atom stereocenters. The van der Waals surface area contributed by atoms with Crippen LogP contribution in [-0.4, -0.2) is 11.9 Å². The summed E-state index contributed by atoms with van der Waals surface area (Å²) in [6.45, 7) is 1.69. The second-order valence-corrected chi connectivity index (χ2v) is 4.28. The lowest BCUT2D eigenvalue weighted by atomic mass is 10.0. The predicted octanol–water partition coefficient (Wildman–Crippen LogP) is 1.41. The van der Waals surface area contributed by atoms with Crippen molar-refractivity contribution in [2.45, 2.75) is 31.8 Å². The number of primary amides is 1. The van der Waals surface area contributed by atoms with Crippen LogP contribution in [0, 0.1) is 12.7 Å². The number of hydrogen-bond acceptors (Lipinski definition) is 2. The van der Waals surface area contributed by atoms with Gasteiger partial charge in [-0.25, -0.2) is 4.39 Å². The monoisotopic (exact) mass is 222 g/mol. The van der Waals surface area contributed by atoms with Crippen LogP contribution >= 0.6 is 0 Å². The molecule has 3 nitrogen and oxygen atoms in total. The topological polar surface area (TPSA) is 55.1 Å². The molecule has 1 fully saturated rings. The first kappa shape index (κ1) is 11.1. The first-order chi connectivity index (χ1) is 7.58. The molecule has 3 N–H and O–H groups in total. The van der Waals surface area contributed by atoms with Gasteiger partial charge in [0.2, 0.25) is 5.91 Å². The van der Waals surface area contributed by atoms with Gasteiger partial charge in [-0.2, -0.15) is 0 Å². The number of nitrogens with two attached hydrogens (primary N) is 1. The van der Waals surface area contributed by atoms with E-state index in [2.05, 4.69) is 5.32 Å². The average Bonchev–Trinajstić information content (AvgIpc) is 3.02. The van der Waals surface area contributed by atoms with Gasteiger partial charge in [0.05, 0.1) is 0 Å². The van der Waals surface area contributed by atoms with Crippen LogP contribution in [0.2, 0.25) is 0 Å². The van der Waals surface area contributed by atoms with Crippen molar-refractivity contribution < 1.29 is 9.18 Å². The summed E-state index contributed by atoms with van der Waals surface area (Å²) in [5.41, 5.74) is 6.48. The third-order valence-corrected chi connectivity index (χ3v) is 2.79. The molecule has 0 bridgehead atoms.